The summed E-state index contributed by atoms with van der Waals surface area (Å²) in [6, 6.07) is 7.76. The summed E-state index contributed by atoms with van der Waals surface area (Å²) in [6.07, 6.45) is 0.255. The zero-order valence-corrected chi connectivity index (χ0v) is 14.1. The van der Waals surface area contributed by atoms with Crippen molar-refractivity contribution in [3.8, 4) is 0 Å². The van der Waals surface area contributed by atoms with Crippen LogP contribution in [-0.4, -0.2) is 30.4 Å². The summed E-state index contributed by atoms with van der Waals surface area (Å²) < 4.78 is 0. The molecule has 2 amide bonds. The summed E-state index contributed by atoms with van der Waals surface area (Å²) in [4.78, 5) is 25.9. The maximum absolute atomic E-state index is 12.1. The molecule has 0 aromatic heterocycles. The van der Waals surface area contributed by atoms with Crippen LogP contribution in [0.3, 0.4) is 0 Å². The molecule has 1 heterocycles. The number of nitrogens with one attached hydrogen (secondary N) is 1. The largest absolute Gasteiger partial charge is 0.354 e. The van der Waals surface area contributed by atoms with Crippen molar-refractivity contribution in [2.45, 2.75) is 32.7 Å². The molecule has 1 aromatic rings. The fourth-order valence-corrected chi connectivity index (χ4v) is 2.32. The molecule has 1 atom stereocenters. The van der Waals surface area contributed by atoms with Crippen LogP contribution in [0.15, 0.2) is 24.3 Å². The minimum Gasteiger partial charge on any atom is -0.354 e. The van der Waals surface area contributed by atoms with Crippen LogP contribution in [0.25, 0.3) is 0 Å². The molecule has 0 saturated carbocycles. The second-order valence-corrected chi connectivity index (χ2v) is 6.45. The van der Waals surface area contributed by atoms with E-state index in [0.717, 1.165) is 11.3 Å². The van der Waals surface area contributed by atoms with Crippen LogP contribution in [0.4, 0.5) is 5.69 Å². The number of nitrogens with zero attached hydrogens (tertiary/aromatic N) is 1. The summed E-state index contributed by atoms with van der Waals surface area (Å²) in [6.45, 7) is 6.54. The molecule has 0 radical (unpaired) electrons. The van der Waals surface area contributed by atoms with Gasteiger partial charge in [0.25, 0.3) is 0 Å². The first-order valence-corrected chi connectivity index (χ1v) is 7.20. The van der Waals surface area contributed by atoms with Gasteiger partial charge in [-0.25, -0.2) is 0 Å². The number of rotatable bonds is 4. The number of carbonyl (C=O) groups is 2. The van der Waals surface area contributed by atoms with Gasteiger partial charge in [0.05, 0.1) is 5.92 Å². The van der Waals surface area contributed by atoms with Gasteiger partial charge in [0.1, 0.15) is 0 Å². The summed E-state index contributed by atoms with van der Waals surface area (Å²) >= 11 is 0. The van der Waals surface area contributed by atoms with Gasteiger partial charge in [-0.3, -0.25) is 9.59 Å². The standard InChI is InChI=1S/C16H23N3O2.ClH/c1-11-4-6-13(7-5-11)19-9-12(8-14(19)20)15(21)18-10-16(2,3)17;/h4-7,12H,8-10,17H2,1-3H3,(H,18,21);1H. The fourth-order valence-electron chi connectivity index (χ4n) is 2.32. The van der Waals surface area contributed by atoms with Crippen LogP contribution >= 0.6 is 12.4 Å². The molecule has 1 aliphatic heterocycles. The van der Waals surface area contributed by atoms with Gasteiger partial charge in [-0.2, -0.15) is 0 Å². The number of halogens is 1. The Kier molecular flexibility index (Phi) is 5.97. The van der Waals surface area contributed by atoms with Gasteiger partial charge in [0.2, 0.25) is 11.8 Å². The smallest absolute Gasteiger partial charge is 0.227 e. The van der Waals surface area contributed by atoms with Crippen LogP contribution in [-0.2, 0) is 9.59 Å². The molecule has 1 fully saturated rings. The maximum Gasteiger partial charge on any atom is 0.227 e. The van der Waals surface area contributed by atoms with Crippen LogP contribution in [0.2, 0.25) is 0 Å². The lowest BCUT2D eigenvalue weighted by Gasteiger charge is -2.21. The van der Waals surface area contributed by atoms with Gasteiger partial charge in [0.15, 0.2) is 0 Å². The third-order valence-electron chi connectivity index (χ3n) is 3.56. The Morgan fingerprint density at radius 1 is 1.36 bits per heavy atom. The van der Waals surface area contributed by atoms with Crippen LogP contribution in [0.5, 0.6) is 0 Å². The van der Waals surface area contributed by atoms with E-state index in [-0.39, 0.29) is 36.6 Å². The highest BCUT2D eigenvalue weighted by Crippen LogP contribution is 2.25. The fraction of sp³-hybridized carbons (Fsp3) is 0.500. The molecule has 22 heavy (non-hydrogen) atoms. The summed E-state index contributed by atoms with van der Waals surface area (Å²) in [7, 11) is 0. The van der Waals surface area contributed by atoms with Crippen molar-refractivity contribution >= 4 is 29.9 Å². The predicted molar refractivity (Wildman–Crippen MR) is 90.2 cm³/mol. The van der Waals surface area contributed by atoms with Crippen molar-refractivity contribution in [2.75, 3.05) is 18.0 Å². The first-order valence-electron chi connectivity index (χ1n) is 7.20. The van der Waals surface area contributed by atoms with Crippen LogP contribution < -0.4 is 16.0 Å². The molecule has 1 aromatic carbocycles. The van der Waals surface area contributed by atoms with E-state index in [1.807, 2.05) is 45.0 Å². The number of anilines is 1. The van der Waals surface area contributed by atoms with E-state index in [2.05, 4.69) is 5.32 Å². The maximum atomic E-state index is 12.1. The highest BCUT2D eigenvalue weighted by molar-refractivity contribution is 6.00. The number of benzene rings is 1. The summed E-state index contributed by atoms with van der Waals surface area (Å²) in [5, 5.41) is 2.82. The van der Waals surface area contributed by atoms with Gasteiger partial charge in [-0.1, -0.05) is 17.7 Å². The SMILES string of the molecule is Cc1ccc(N2CC(C(=O)NCC(C)(C)N)CC2=O)cc1.Cl. The minimum absolute atomic E-state index is 0. The van der Waals surface area contributed by atoms with Gasteiger partial charge >= 0.3 is 0 Å². The number of nitrogens with two attached hydrogens (primary N) is 1. The van der Waals surface area contributed by atoms with Gasteiger partial charge in [-0.05, 0) is 32.9 Å². The molecule has 0 spiro atoms. The van der Waals surface area contributed by atoms with E-state index in [1.54, 1.807) is 4.90 Å². The molecule has 3 N–H and O–H groups in total. The Hall–Kier alpha value is -1.59. The normalized spacial score (nSPS) is 18.1. The van der Waals surface area contributed by atoms with Gasteiger partial charge < -0.3 is 16.0 Å². The monoisotopic (exact) mass is 325 g/mol. The van der Waals surface area contributed by atoms with Crippen LogP contribution in [0.1, 0.15) is 25.8 Å². The molecule has 1 saturated heterocycles. The van der Waals surface area contributed by atoms with Gasteiger partial charge in [-0.15, -0.1) is 12.4 Å². The molecule has 1 aliphatic rings. The zero-order valence-electron chi connectivity index (χ0n) is 13.3. The lowest BCUT2D eigenvalue weighted by Crippen LogP contribution is -2.46. The molecular formula is C16H24ClN3O2. The van der Waals surface area contributed by atoms with Crippen molar-refractivity contribution < 1.29 is 9.59 Å². The van der Waals surface area contributed by atoms with E-state index in [0.29, 0.717) is 13.1 Å². The lowest BCUT2D eigenvalue weighted by atomic mass is 10.1. The molecular weight excluding hydrogens is 302 g/mol. The average Bonchev–Trinajstić information content (AvgIpc) is 2.78. The number of carbonyl (C=O) groups excluding carboxylic acids is 2. The Labute approximate surface area is 137 Å². The number of hydrogen-bond donors (Lipinski definition) is 2. The topological polar surface area (TPSA) is 75.4 Å². The number of hydrogen-bond acceptors (Lipinski definition) is 3. The molecule has 5 nitrogen and oxygen atoms in total. The molecule has 1 unspecified atom stereocenters. The van der Waals surface area contributed by atoms with Crippen molar-refractivity contribution in [3.05, 3.63) is 29.8 Å². The average molecular weight is 326 g/mol. The first kappa shape index (κ1) is 18.5. The molecule has 0 bridgehead atoms. The molecule has 122 valence electrons. The highest BCUT2D eigenvalue weighted by atomic mass is 35.5. The predicted octanol–water partition coefficient (Wildman–Crippen LogP) is 1.62. The lowest BCUT2D eigenvalue weighted by molar-refractivity contribution is -0.126. The zero-order chi connectivity index (χ0) is 15.6. The third kappa shape index (κ3) is 4.71. The Morgan fingerprint density at radius 2 is 1.95 bits per heavy atom. The Morgan fingerprint density at radius 3 is 2.50 bits per heavy atom. The highest BCUT2D eigenvalue weighted by Gasteiger charge is 2.35. The Bertz CT molecular complexity index is 537. The quantitative estimate of drug-likeness (QED) is 0.883. The van der Waals surface area contributed by atoms with Crippen molar-refractivity contribution in [1.82, 2.24) is 5.32 Å². The van der Waals surface area contributed by atoms with Crippen LogP contribution in [0, 0.1) is 12.8 Å². The summed E-state index contributed by atoms with van der Waals surface area (Å²) in [5.74, 6) is -0.413. The second kappa shape index (κ2) is 7.11. The van der Waals surface area contributed by atoms with E-state index in [4.69, 9.17) is 5.73 Å². The number of aryl methyl sites for hydroxylation is 1. The van der Waals surface area contributed by atoms with E-state index in [9.17, 15) is 9.59 Å². The van der Waals surface area contributed by atoms with Crippen molar-refractivity contribution in [3.63, 3.8) is 0 Å². The molecule has 2 rings (SSSR count). The van der Waals surface area contributed by atoms with Crippen molar-refractivity contribution in [1.29, 1.82) is 0 Å². The van der Waals surface area contributed by atoms with E-state index in [1.165, 1.54) is 0 Å². The third-order valence-corrected chi connectivity index (χ3v) is 3.56. The van der Waals surface area contributed by atoms with E-state index >= 15 is 0 Å². The number of amides is 2. The molecule has 0 aliphatic carbocycles. The first-order chi connectivity index (χ1) is 9.76. The Balaban J connectivity index is 0.00000242. The van der Waals surface area contributed by atoms with E-state index < -0.39 is 5.54 Å². The van der Waals surface area contributed by atoms with Crippen molar-refractivity contribution in [2.24, 2.45) is 11.7 Å². The minimum atomic E-state index is -0.449. The second-order valence-electron chi connectivity index (χ2n) is 6.45. The molecule has 6 heteroatoms. The summed E-state index contributed by atoms with van der Waals surface area (Å²) in [5.41, 5.74) is 7.39. The van der Waals surface area contributed by atoms with Gasteiger partial charge in [0, 0.05) is 30.7 Å².